The predicted octanol–water partition coefficient (Wildman–Crippen LogP) is 5.70. The van der Waals surface area contributed by atoms with E-state index in [0.717, 1.165) is 18.1 Å². The van der Waals surface area contributed by atoms with E-state index in [-0.39, 0.29) is 58.9 Å². The number of carbonyl (C=O) groups is 2. The molecule has 10 heteroatoms. The summed E-state index contributed by atoms with van der Waals surface area (Å²) in [6.45, 7) is 0.855. The first-order valence-corrected chi connectivity index (χ1v) is 13.7. The molecule has 200 valence electrons. The highest BCUT2D eigenvalue weighted by Gasteiger charge is 2.36. The van der Waals surface area contributed by atoms with Gasteiger partial charge in [0.2, 0.25) is 5.91 Å². The molecule has 1 aliphatic heterocycles. The smallest absolute Gasteiger partial charge is 0.270 e. The molecule has 5 nitrogen and oxygen atoms in total. The number of carbonyl (C=O) groups excluding carboxylic acids is 2. The van der Waals surface area contributed by atoms with E-state index in [9.17, 15) is 26.8 Å². The predicted molar refractivity (Wildman–Crippen MR) is 135 cm³/mol. The summed E-state index contributed by atoms with van der Waals surface area (Å²) < 4.78 is 81.3. The summed E-state index contributed by atoms with van der Waals surface area (Å²) in [6.07, 6.45) is 1.06. The Bertz CT molecular complexity index is 1500. The zero-order valence-corrected chi connectivity index (χ0v) is 21.5. The lowest BCUT2D eigenvalue weighted by molar-refractivity contribution is -0.125. The fourth-order valence-electron chi connectivity index (χ4n) is 4.63. The minimum Gasteiger partial charge on any atom is -0.309 e. The monoisotopic (exact) mass is 547 g/mol. The van der Waals surface area contributed by atoms with Crippen LogP contribution < -0.4 is 4.90 Å². The molecular weight excluding hydrogens is 522 g/mol. The lowest BCUT2D eigenvalue weighted by Crippen LogP contribution is -2.29. The first kappa shape index (κ1) is 27.5. The van der Waals surface area contributed by atoms with Gasteiger partial charge in [-0.2, -0.15) is 0 Å². The lowest BCUT2D eigenvalue weighted by Gasteiger charge is -2.19. The molecule has 3 aromatic carbocycles. The molecule has 1 saturated heterocycles. The number of nitrogens with zero attached hydrogens (tertiary/aromatic N) is 1. The maximum atomic E-state index is 15.2. The van der Waals surface area contributed by atoms with Crippen molar-refractivity contribution in [2.75, 3.05) is 17.7 Å². The van der Waals surface area contributed by atoms with E-state index in [1.165, 1.54) is 60.7 Å². The van der Waals surface area contributed by atoms with Crippen molar-refractivity contribution in [2.45, 2.75) is 37.0 Å². The number of hydrogen-bond acceptors (Lipinski definition) is 4. The molecule has 3 aromatic rings. The summed E-state index contributed by atoms with van der Waals surface area (Å²) in [5.74, 6) is -7.10. The fourth-order valence-corrected chi connectivity index (χ4v) is 5.53. The van der Waals surface area contributed by atoms with Gasteiger partial charge in [0.05, 0.1) is 10.6 Å². The molecule has 0 aromatic heterocycles. The van der Waals surface area contributed by atoms with E-state index in [1.807, 2.05) is 0 Å². The number of Topliss-reactive ketones (excluding diaryl/α,β-unsaturated/α-hetero) is 1. The van der Waals surface area contributed by atoms with Crippen LogP contribution in [0.3, 0.4) is 0 Å². The van der Waals surface area contributed by atoms with E-state index in [1.54, 1.807) is 0 Å². The Hall–Kier alpha value is -3.53. The number of sulfone groups is 1. The van der Waals surface area contributed by atoms with Gasteiger partial charge >= 0.3 is 0 Å². The Kier molecular flexibility index (Phi) is 7.47. The molecule has 1 atom stereocenters. The molecular formula is C28H25F4NO4S. The van der Waals surface area contributed by atoms with E-state index in [2.05, 4.69) is 0 Å². The molecule has 4 rings (SSSR count). The summed E-state index contributed by atoms with van der Waals surface area (Å²) in [5, 5.41) is 0. The summed E-state index contributed by atoms with van der Waals surface area (Å²) in [4.78, 5) is 26.5. The molecule has 0 aliphatic carbocycles. The summed E-state index contributed by atoms with van der Waals surface area (Å²) >= 11 is 0. The molecule has 0 saturated carbocycles. The number of amides is 1. The average molecular weight is 548 g/mol. The van der Waals surface area contributed by atoms with Crippen LogP contribution in [0.5, 0.6) is 0 Å². The van der Waals surface area contributed by atoms with E-state index < -0.39 is 39.2 Å². The highest BCUT2D eigenvalue weighted by Crippen LogP contribution is 2.36. The van der Waals surface area contributed by atoms with Crippen molar-refractivity contribution in [2.24, 2.45) is 5.92 Å². The Balaban J connectivity index is 1.49. The maximum absolute atomic E-state index is 15.2. The molecule has 0 bridgehead atoms. The van der Waals surface area contributed by atoms with Crippen LogP contribution >= 0.6 is 0 Å². The number of halogens is 4. The van der Waals surface area contributed by atoms with E-state index >= 15 is 8.78 Å². The molecule has 1 fully saturated rings. The normalized spacial score (nSPS) is 16.2. The van der Waals surface area contributed by atoms with Gasteiger partial charge in [-0.3, -0.25) is 9.59 Å². The van der Waals surface area contributed by atoms with Crippen molar-refractivity contribution in [3.05, 3.63) is 83.4 Å². The molecule has 38 heavy (non-hydrogen) atoms. The Morgan fingerprint density at radius 2 is 1.63 bits per heavy atom. The van der Waals surface area contributed by atoms with Gasteiger partial charge in [-0.1, -0.05) is 42.5 Å². The second-order valence-corrected chi connectivity index (χ2v) is 11.5. The van der Waals surface area contributed by atoms with Crippen molar-refractivity contribution >= 4 is 27.2 Å². The maximum Gasteiger partial charge on any atom is 0.270 e. The quantitative estimate of drug-likeness (QED) is 0.339. The third-order valence-electron chi connectivity index (χ3n) is 6.58. The molecule has 1 heterocycles. The first-order chi connectivity index (χ1) is 17.8. The van der Waals surface area contributed by atoms with Gasteiger partial charge in [-0.25, -0.2) is 26.0 Å². The Morgan fingerprint density at radius 3 is 2.26 bits per heavy atom. The van der Waals surface area contributed by atoms with Gasteiger partial charge in [-0.05, 0) is 30.2 Å². The molecule has 0 spiro atoms. The van der Waals surface area contributed by atoms with Crippen molar-refractivity contribution < 1.29 is 35.6 Å². The van der Waals surface area contributed by atoms with Crippen LogP contribution in [0.25, 0.3) is 11.1 Å². The van der Waals surface area contributed by atoms with Gasteiger partial charge in [0.25, 0.3) is 5.92 Å². The number of hydrogen-bond donors (Lipinski definition) is 0. The van der Waals surface area contributed by atoms with Crippen LogP contribution in [0.1, 0.15) is 30.9 Å². The minimum absolute atomic E-state index is 0.00450. The Morgan fingerprint density at radius 1 is 0.974 bits per heavy atom. The van der Waals surface area contributed by atoms with Crippen LogP contribution in [0.15, 0.2) is 65.6 Å². The number of alkyl halides is 2. The zero-order chi connectivity index (χ0) is 27.8. The summed E-state index contributed by atoms with van der Waals surface area (Å²) in [7, 11) is -3.72. The largest absolute Gasteiger partial charge is 0.309 e. The molecule has 0 unspecified atom stereocenters. The third kappa shape index (κ3) is 5.65. The van der Waals surface area contributed by atoms with Crippen LogP contribution in [-0.4, -0.2) is 32.9 Å². The van der Waals surface area contributed by atoms with Crippen molar-refractivity contribution in [1.82, 2.24) is 0 Å². The van der Waals surface area contributed by atoms with Crippen LogP contribution in [-0.2, 0) is 31.8 Å². The molecule has 0 radical (unpaired) electrons. The number of anilines is 1. The van der Waals surface area contributed by atoms with E-state index in [4.69, 9.17) is 0 Å². The Labute approximate surface area is 218 Å². The van der Waals surface area contributed by atoms with Crippen molar-refractivity contribution in [3.63, 3.8) is 0 Å². The average Bonchev–Trinajstić information content (AvgIpc) is 3.19. The fraction of sp³-hybridized carbons (Fsp3) is 0.286. The number of benzene rings is 3. The summed E-state index contributed by atoms with van der Waals surface area (Å²) in [5.41, 5.74) is -0.180. The van der Waals surface area contributed by atoms with Gasteiger partial charge in [0.15, 0.2) is 21.5 Å². The number of ketones is 1. The number of rotatable bonds is 8. The molecule has 0 N–H and O–H groups in total. The second kappa shape index (κ2) is 10.3. The minimum atomic E-state index is -3.72. The zero-order valence-electron chi connectivity index (χ0n) is 20.7. The molecule has 1 amide bonds. The van der Waals surface area contributed by atoms with Gasteiger partial charge in [0, 0.05) is 55.2 Å². The van der Waals surface area contributed by atoms with Crippen LogP contribution in [0.2, 0.25) is 0 Å². The summed E-state index contributed by atoms with van der Waals surface area (Å²) in [6, 6.07) is 13.5. The van der Waals surface area contributed by atoms with Crippen LogP contribution in [0, 0.1) is 17.6 Å². The highest BCUT2D eigenvalue weighted by molar-refractivity contribution is 7.90. The van der Waals surface area contributed by atoms with Crippen molar-refractivity contribution in [3.8, 4) is 11.1 Å². The SMILES string of the molecule is CC(F)(F)c1ccc(CC(=O)C[C@@H]2CCN(c3ccc(-c4ccccc4S(C)(=O)=O)c(F)c3F)C2=O)cc1. The lowest BCUT2D eigenvalue weighted by atomic mass is 9.96. The van der Waals surface area contributed by atoms with Gasteiger partial charge < -0.3 is 4.90 Å². The third-order valence-corrected chi connectivity index (χ3v) is 7.74. The standard InChI is InChI=1S/C28H25F4NO4S/c1-28(31,32)19-9-7-17(8-10-19)15-20(34)16-18-13-14-33(27(18)35)23-12-11-22(25(29)26(23)30)21-5-3-4-6-24(21)38(2,36)37/h3-12,18H,13-16H2,1-2H3/t18-/m0/s1. The topological polar surface area (TPSA) is 71.5 Å². The highest BCUT2D eigenvalue weighted by atomic mass is 32.2. The van der Waals surface area contributed by atoms with Crippen molar-refractivity contribution in [1.29, 1.82) is 0 Å². The van der Waals surface area contributed by atoms with E-state index in [0.29, 0.717) is 5.56 Å². The van der Waals surface area contributed by atoms with Crippen LogP contribution in [0.4, 0.5) is 23.2 Å². The van der Waals surface area contributed by atoms with Gasteiger partial charge in [0.1, 0.15) is 5.78 Å². The second-order valence-electron chi connectivity index (χ2n) is 9.51. The molecule has 1 aliphatic rings. The first-order valence-electron chi connectivity index (χ1n) is 11.8. The van der Waals surface area contributed by atoms with Gasteiger partial charge in [-0.15, -0.1) is 0 Å².